The van der Waals surface area contributed by atoms with Crippen molar-refractivity contribution < 1.29 is 19.1 Å². The third-order valence-electron chi connectivity index (χ3n) is 5.50. The van der Waals surface area contributed by atoms with Crippen molar-refractivity contribution in [3.63, 3.8) is 0 Å². The average Bonchev–Trinajstić information content (AvgIpc) is 3.40. The van der Waals surface area contributed by atoms with Crippen molar-refractivity contribution in [1.82, 2.24) is 29.7 Å². The number of hydrogen-bond acceptors (Lipinski definition) is 8. The molecule has 3 heterocycles. The quantitative estimate of drug-likeness (QED) is 0.266. The van der Waals surface area contributed by atoms with Crippen LogP contribution < -0.4 is 16.0 Å². The molecular weight excluding hydrogens is 512 g/mol. The largest absolute Gasteiger partial charge is 0.443 e. The zero-order chi connectivity index (χ0) is 27.8. The van der Waals surface area contributed by atoms with E-state index in [0.29, 0.717) is 18.1 Å². The van der Waals surface area contributed by atoms with Crippen LogP contribution in [0.2, 0.25) is 5.15 Å². The maximum absolute atomic E-state index is 13.0. The fraction of sp³-hybridized carbons (Fsp3) is 0.400. The van der Waals surface area contributed by atoms with E-state index in [9.17, 15) is 9.59 Å². The van der Waals surface area contributed by atoms with Crippen LogP contribution in [0.3, 0.4) is 0 Å². The zero-order valence-corrected chi connectivity index (χ0v) is 22.9. The summed E-state index contributed by atoms with van der Waals surface area (Å²) in [5.41, 5.74) is 8.07. The second-order valence-electron chi connectivity index (χ2n) is 10.1. The van der Waals surface area contributed by atoms with E-state index in [1.54, 1.807) is 25.5 Å². The summed E-state index contributed by atoms with van der Waals surface area (Å²) in [6, 6.07) is 4.96. The third-order valence-corrected chi connectivity index (χ3v) is 5.70. The van der Waals surface area contributed by atoms with Crippen LogP contribution in [0.5, 0.6) is 0 Å². The number of fused-ring (bicyclic) bond motifs is 2. The molecule has 0 spiro atoms. The van der Waals surface area contributed by atoms with Gasteiger partial charge in [0.05, 0.1) is 25.1 Å². The van der Waals surface area contributed by atoms with Crippen molar-refractivity contribution >= 4 is 51.7 Å². The number of rotatable bonds is 7. The number of benzene rings is 1. The summed E-state index contributed by atoms with van der Waals surface area (Å²) in [6.07, 6.45) is 2.67. The van der Waals surface area contributed by atoms with Crippen LogP contribution in [0.4, 0.5) is 16.3 Å². The highest BCUT2D eigenvalue weighted by molar-refractivity contribution is 6.30. The van der Waals surface area contributed by atoms with Gasteiger partial charge in [-0.3, -0.25) is 14.4 Å². The lowest BCUT2D eigenvalue weighted by Gasteiger charge is -2.24. The number of aromatic nitrogens is 5. The van der Waals surface area contributed by atoms with Gasteiger partial charge in [-0.1, -0.05) is 11.6 Å². The molecule has 3 N–H and O–H groups in total. The molecule has 0 radical (unpaired) electrons. The van der Waals surface area contributed by atoms with Gasteiger partial charge in [0.15, 0.2) is 5.65 Å². The van der Waals surface area contributed by atoms with Crippen molar-refractivity contribution in [3.8, 4) is 0 Å². The predicted molar refractivity (Wildman–Crippen MR) is 144 cm³/mol. The number of aryl methyl sites for hydroxylation is 1. The van der Waals surface area contributed by atoms with Crippen molar-refractivity contribution in [1.29, 1.82) is 0 Å². The number of nitrogens with zero attached hydrogens (tertiary/aromatic N) is 6. The third kappa shape index (κ3) is 5.97. The lowest BCUT2D eigenvalue weighted by Crippen LogP contribution is -2.36. The van der Waals surface area contributed by atoms with Gasteiger partial charge in [-0.15, -0.1) is 0 Å². The highest BCUT2D eigenvalue weighted by atomic mass is 35.5. The second kappa shape index (κ2) is 10.5. The van der Waals surface area contributed by atoms with Crippen LogP contribution in [-0.2, 0) is 23.1 Å². The van der Waals surface area contributed by atoms with Crippen molar-refractivity contribution in [2.45, 2.75) is 45.9 Å². The number of anilines is 2. The van der Waals surface area contributed by atoms with Crippen molar-refractivity contribution in [2.75, 3.05) is 24.3 Å². The maximum atomic E-state index is 13.0. The Morgan fingerprint density at radius 2 is 2.00 bits per heavy atom. The first-order valence-electron chi connectivity index (χ1n) is 11.9. The van der Waals surface area contributed by atoms with Gasteiger partial charge in [0.1, 0.15) is 27.7 Å². The average molecular weight is 543 g/mol. The number of amides is 2. The molecule has 3 aromatic heterocycles. The number of nitrogen functional groups attached to an aromatic ring is 1. The van der Waals surface area contributed by atoms with Crippen LogP contribution in [0.1, 0.15) is 43.6 Å². The molecule has 4 rings (SSSR count). The first-order chi connectivity index (χ1) is 17.8. The summed E-state index contributed by atoms with van der Waals surface area (Å²) in [5, 5.41) is 12.5. The van der Waals surface area contributed by atoms with Gasteiger partial charge in [0, 0.05) is 37.8 Å². The molecule has 12 nitrogen and oxygen atoms in total. The molecule has 4 aromatic rings. The summed E-state index contributed by atoms with van der Waals surface area (Å²) in [4.78, 5) is 31.1. The molecule has 13 heteroatoms. The van der Waals surface area contributed by atoms with Gasteiger partial charge in [-0.2, -0.15) is 14.7 Å². The molecule has 38 heavy (non-hydrogen) atoms. The van der Waals surface area contributed by atoms with E-state index in [0.717, 1.165) is 16.5 Å². The summed E-state index contributed by atoms with van der Waals surface area (Å²) in [7, 11) is 3.37. The van der Waals surface area contributed by atoms with Gasteiger partial charge >= 0.3 is 6.09 Å². The fourth-order valence-corrected chi connectivity index (χ4v) is 4.05. The normalized spacial score (nSPS) is 12.6. The van der Waals surface area contributed by atoms with Gasteiger partial charge < -0.3 is 20.5 Å². The Kier molecular flexibility index (Phi) is 7.47. The number of carbonyl (C=O) groups excluding carboxylic acids is 2. The van der Waals surface area contributed by atoms with E-state index in [4.69, 9.17) is 26.8 Å². The summed E-state index contributed by atoms with van der Waals surface area (Å²) >= 11 is 6.22. The molecule has 0 fully saturated rings. The Hall–Kier alpha value is -3.90. The Bertz CT molecular complexity index is 1510. The minimum absolute atomic E-state index is 0.0960. The second-order valence-corrected chi connectivity index (χ2v) is 10.5. The van der Waals surface area contributed by atoms with Gasteiger partial charge in [0.25, 0.3) is 5.91 Å². The number of nitrogens with two attached hydrogens (primary N) is 1. The molecule has 2 amide bonds. The van der Waals surface area contributed by atoms with Crippen LogP contribution in [0.15, 0.2) is 30.6 Å². The van der Waals surface area contributed by atoms with E-state index < -0.39 is 17.6 Å². The Balaban J connectivity index is 1.42. The van der Waals surface area contributed by atoms with Gasteiger partial charge in [-0.05, 0) is 45.4 Å². The first-order valence-corrected chi connectivity index (χ1v) is 12.3. The smallest absolute Gasteiger partial charge is 0.415 e. The van der Waals surface area contributed by atoms with Crippen molar-refractivity contribution in [3.05, 3.63) is 46.9 Å². The highest BCUT2D eigenvalue weighted by Gasteiger charge is 2.25. The number of carbonyl (C=O) groups is 2. The number of ether oxygens (including phenoxy) is 2. The standard InChI is InChI=1S/C25H31ClN8O4/c1-14(12-37-13-15-7-16-11-32(5)31-21(16)18(27)8-15)29-23(35)17-10-28-34-20(9-19(26)30-22(17)34)33(6)24(36)38-25(2,3)4/h7-11,14H,12-13,27H2,1-6H3,(H,29,35)/t14-/m1/s1. The Morgan fingerprint density at radius 3 is 2.71 bits per heavy atom. The SMILES string of the molecule is C[C@H](COCc1cc(N)c2nn(C)cc2c1)NC(=O)c1cnn2c(N(C)C(=O)OC(C)(C)C)cc(Cl)nc12. The number of nitrogens with one attached hydrogen (secondary N) is 1. The molecule has 0 bridgehead atoms. The Labute approximate surface area is 224 Å². The number of hydrogen-bond donors (Lipinski definition) is 2. The molecule has 0 aliphatic heterocycles. The van der Waals surface area contributed by atoms with Crippen LogP contribution >= 0.6 is 11.6 Å². The van der Waals surface area contributed by atoms with E-state index in [2.05, 4.69) is 20.5 Å². The molecule has 0 aliphatic carbocycles. The minimum Gasteiger partial charge on any atom is -0.443 e. The topological polar surface area (TPSA) is 142 Å². The summed E-state index contributed by atoms with van der Waals surface area (Å²) < 4.78 is 14.3. The van der Waals surface area contributed by atoms with Crippen LogP contribution in [0.25, 0.3) is 16.6 Å². The summed E-state index contributed by atoms with van der Waals surface area (Å²) in [5.74, 6) is -0.104. The molecule has 1 aromatic carbocycles. The molecule has 0 saturated carbocycles. The van der Waals surface area contributed by atoms with Crippen LogP contribution in [-0.4, -0.2) is 61.7 Å². The van der Waals surface area contributed by atoms with E-state index in [1.807, 2.05) is 32.3 Å². The molecule has 0 unspecified atom stereocenters. The van der Waals surface area contributed by atoms with Crippen molar-refractivity contribution in [2.24, 2.45) is 7.05 Å². The molecule has 202 valence electrons. The van der Waals surface area contributed by atoms with E-state index in [1.165, 1.54) is 28.7 Å². The van der Waals surface area contributed by atoms with Gasteiger partial charge in [-0.25, -0.2) is 9.78 Å². The predicted octanol–water partition coefficient (Wildman–Crippen LogP) is 3.56. The van der Waals surface area contributed by atoms with Crippen LogP contribution in [0, 0.1) is 0 Å². The monoisotopic (exact) mass is 542 g/mol. The first kappa shape index (κ1) is 27.1. The minimum atomic E-state index is -0.688. The fourth-order valence-electron chi connectivity index (χ4n) is 3.87. The highest BCUT2D eigenvalue weighted by Crippen LogP contribution is 2.24. The van der Waals surface area contributed by atoms with Gasteiger partial charge in [0.2, 0.25) is 0 Å². The van der Waals surface area contributed by atoms with E-state index in [-0.39, 0.29) is 29.0 Å². The lowest BCUT2D eigenvalue weighted by molar-refractivity contribution is 0.0587. The zero-order valence-electron chi connectivity index (χ0n) is 22.1. The molecule has 1 atom stereocenters. The molecule has 0 saturated heterocycles. The number of halogens is 1. The Morgan fingerprint density at radius 1 is 1.26 bits per heavy atom. The summed E-state index contributed by atoms with van der Waals surface area (Å²) in [6.45, 7) is 7.71. The maximum Gasteiger partial charge on any atom is 0.415 e. The van der Waals surface area contributed by atoms with E-state index >= 15 is 0 Å². The molecular formula is C25H31ClN8O4. The lowest BCUT2D eigenvalue weighted by atomic mass is 10.1. The molecule has 0 aliphatic rings.